The molecule has 0 radical (unpaired) electrons. The minimum absolute atomic E-state index is 0.0833. The number of benzene rings is 2. The number of nitrogens with zero attached hydrogens (tertiary/aromatic N) is 1. The highest BCUT2D eigenvalue weighted by Gasteiger charge is 2.20. The van der Waals surface area contributed by atoms with Crippen LogP contribution in [0.25, 0.3) is 0 Å². The van der Waals surface area contributed by atoms with Crippen LogP contribution in [-0.4, -0.2) is 39.2 Å². The lowest BCUT2D eigenvalue weighted by molar-refractivity contribution is 0.0978. The zero-order chi connectivity index (χ0) is 20.9. The molecule has 6 nitrogen and oxygen atoms in total. The molecule has 0 fully saturated rings. The number of likely N-dealkylation sites (N-methyl/N-ethyl adjacent to an activating group) is 1. The van der Waals surface area contributed by atoms with Crippen LogP contribution in [0.5, 0.6) is 0 Å². The van der Waals surface area contributed by atoms with Gasteiger partial charge in [-0.1, -0.05) is 29.8 Å². The van der Waals surface area contributed by atoms with Gasteiger partial charge in [0.2, 0.25) is 0 Å². The Kier molecular flexibility index (Phi) is 7.29. The molecule has 0 spiro atoms. The first-order valence-electron chi connectivity index (χ1n) is 9.69. The number of Topliss-reactive ketones (excluding diaryl/α,β-unsaturated/α-hetero) is 1. The predicted octanol–water partition coefficient (Wildman–Crippen LogP) is 3.63. The van der Waals surface area contributed by atoms with E-state index < -0.39 is 10.2 Å². The molecule has 156 valence electrons. The summed E-state index contributed by atoms with van der Waals surface area (Å²) in [6.07, 6.45) is 3.15. The summed E-state index contributed by atoms with van der Waals surface area (Å²) in [6, 6.07) is 13.0. The summed E-state index contributed by atoms with van der Waals surface area (Å²) in [4.78, 5) is 14.7. The van der Waals surface area contributed by atoms with Crippen molar-refractivity contribution in [2.75, 3.05) is 24.9 Å². The van der Waals surface area contributed by atoms with Crippen LogP contribution in [0.15, 0.2) is 42.5 Å². The lowest BCUT2D eigenvalue weighted by atomic mass is 10.0. The molecule has 29 heavy (non-hydrogen) atoms. The van der Waals surface area contributed by atoms with Crippen molar-refractivity contribution in [3.8, 4) is 0 Å². The van der Waals surface area contributed by atoms with Gasteiger partial charge in [0.1, 0.15) is 0 Å². The fraction of sp³-hybridized carbons (Fsp3) is 0.381. The highest BCUT2D eigenvalue weighted by molar-refractivity contribution is 7.90. The van der Waals surface area contributed by atoms with Crippen LogP contribution in [0, 0.1) is 0 Å². The lowest BCUT2D eigenvalue weighted by Gasteiger charge is -2.19. The molecule has 2 N–H and O–H groups in total. The molecule has 0 amide bonds. The van der Waals surface area contributed by atoms with E-state index in [1.54, 1.807) is 18.2 Å². The van der Waals surface area contributed by atoms with Gasteiger partial charge in [-0.15, -0.1) is 0 Å². The number of hydrogen-bond donors (Lipinski definition) is 2. The Morgan fingerprint density at radius 1 is 1.14 bits per heavy atom. The van der Waals surface area contributed by atoms with Crippen molar-refractivity contribution in [1.29, 1.82) is 0 Å². The van der Waals surface area contributed by atoms with E-state index >= 15 is 0 Å². The Bertz CT molecular complexity index is 979. The first kappa shape index (κ1) is 21.8. The second kappa shape index (κ2) is 9.71. The highest BCUT2D eigenvalue weighted by Crippen LogP contribution is 2.23. The summed E-state index contributed by atoms with van der Waals surface area (Å²) >= 11 is 6.19. The van der Waals surface area contributed by atoms with Crippen LogP contribution in [0.2, 0.25) is 5.02 Å². The molecule has 8 heteroatoms. The Balaban J connectivity index is 1.40. The number of carbonyl (C=O) groups excluding carboxylic acids is 1. The van der Waals surface area contributed by atoms with Gasteiger partial charge >= 0.3 is 0 Å². The Labute approximate surface area is 177 Å². The quantitative estimate of drug-likeness (QED) is 0.465. The lowest BCUT2D eigenvalue weighted by Crippen LogP contribution is -2.34. The summed E-state index contributed by atoms with van der Waals surface area (Å²) in [5, 5.41) is 0.805. The SMILES string of the molecule is CN(CCCCC(=O)c1ccc2c(c1)CNS(=O)(=O)N2)CCc1ccccc1Cl. The molecule has 1 aliphatic rings. The van der Waals surface area contributed by atoms with Gasteiger partial charge in [0.25, 0.3) is 10.2 Å². The summed E-state index contributed by atoms with van der Waals surface area (Å²) < 4.78 is 27.9. The van der Waals surface area contributed by atoms with Crippen LogP contribution in [-0.2, 0) is 23.2 Å². The van der Waals surface area contributed by atoms with E-state index in [2.05, 4.69) is 21.4 Å². The molecule has 1 heterocycles. The molecule has 0 aromatic heterocycles. The van der Waals surface area contributed by atoms with Gasteiger partial charge in [0, 0.05) is 30.1 Å². The average molecular weight is 436 g/mol. The van der Waals surface area contributed by atoms with Gasteiger partial charge in [0.05, 0.1) is 5.69 Å². The molecule has 0 bridgehead atoms. The third-order valence-electron chi connectivity index (χ3n) is 5.04. The van der Waals surface area contributed by atoms with E-state index in [-0.39, 0.29) is 12.3 Å². The zero-order valence-electron chi connectivity index (χ0n) is 16.4. The third kappa shape index (κ3) is 6.27. The first-order chi connectivity index (χ1) is 13.8. The largest absolute Gasteiger partial charge is 0.306 e. The van der Waals surface area contributed by atoms with Gasteiger partial charge in [-0.25, -0.2) is 0 Å². The minimum Gasteiger partial charge on any atom is -0.306 e. The molecule has 0 atom stereocenters. The monoisotopic (exact) mass is 435 g/mol. The van der Waals surface area contributed by atoms with Crippen LogP contribution in [0.4, 0.5) is 5.69 Å². The van der Waals surface area contributed by atoms with E-state index in [0.29, 0.717) is 17.7 Å². The van der Waals surface area contributed by atoms with Crippen LogP contribution in [0.1, 0.15) is 40.7 Å². The fourth-order valence-electron chi connectivity index (χ4n) is 3.30. The Morgan fingerprint density at radius 2 is 1.93 bits per heavy atom. The standard InChI is InChI=1S/C21H26ClN3O3S/c1-25(13-11-16-6-2-3-7-19(16)22)12-5-4-8-21(26)17-9-10-20-18(14-17)15-23-29(27,28)24-20/h2-3,6-7,9-10,14,23-24H,4-5,8,11-13,15H2,1H3. The van der Waals surface area contributed by atoms with Crippen molar-refractivity contribution in [3.63, 3.8) is 0 Å². The number of unbranched alkanes of at least 4 members (excludes halogenated alkanes) is 1. The number of fused-ring (bicyclic) bond motifs is 1. The molecule has 2 aromatic rings. The number of carbonyl (C=O) groups is 1. The molecule has 0 saturated carbocycles. The maximum absolute atomic E-state index is 12.5. The van der Waals surface area contributed by atoms with Crippen LogP contribution in [0.3, 0.4) is 0 Å². The number of anilines is 1. The first-order valence-corrected chi connectivity index (χ1v) is 11.6. The fourth-order valence-corrected chi connectivity index (χ4v) is 4.44. The van der Waals surface area contributed by atoms with E-state index in [9.17, 15) is 13.2 Å². The van der Waals surface area contributed by atoms with Crippen LogP contribution < -0.4 is 9.44 Å². The molecule has 0 aliphatic carbocycles. The van der Waals surface area contributed by atoms with Crippen molar-refractivity contribution in [2.24, 2.45) is 0 Å². The van der Waals surface area contributed by atoms with E-state index in [1.165, 1.54) is 0 Å². The van der Waals surface area contributed by atoms with Crippen molar-refractivity contribution in [3.05, 3.63) is 64.2 Å². The highest BCUT2D eigenvalue weighted by atomic mass is 35.5. The van der Waals surface area contributed by atoms with Crippen molar-refractivity contribution in [1.82, 2.24) is 9.62 Å². The number of halogens is 1. The normalized spacial score (nSPS) is 15.0. The van der Waals surface area contributed by atoms with E-state index in [0.717, 1.165) is 48.5 Å². The average Bonchev–Trinajstić information content (AvgIpc) is 2.69. The second-order valence-electron chi connectivity index (χ2n) is 7.32. The van der Waals surface area contributed by atoms with Crippen LogP contribution >= 0.6 is 11.6 Å². The summed E-state index contributed by atoms with van der Waals surface area (Å²) in [7, 11) is -1.40. The molecular weight excluding hydrogens is 410 g/mol. The third-order valence-corrected chi connectivity index (χ3v) is 6.42. The molecular formula is C21H26ClN3O3S. The summed E-state index contributed by atoms with van der Waals surface area (Å²) in [5.41, 5.74) is 3.09. The summed E-state index contributed by atoms with van der Waals surface area (Å²) in [6.45, 7) is 2.04. The topological polar surface area (TPSA) is 78.5 Å². The minimum atomic E-state index is -3.48. The van der Waals surface area contributed by atoms with Gasteiger partial charge < -0.3 is 4.90 Å². The Morgan fingerprint density at radius 3 is 2.72 bits per heavy atom. The number of rotatable bonds is 9. The second-order valence-corrected chi connectivity index (χ2v) is 9.23. The van der Waals surface area contributed by atoms with Crippen molar-refractivity contribution < 1.29 is 13.2 Å². The van der Waals surface area contributed by atoms with Gasteiger partial charge in [0.15, 0.2) is 5.78 Å². The summed E-state index contributed by atoms with van der Waals surface area (Å²) in [5.74, 6) is 0.0833. The molecule has 0 unspecified atom stereocenters. The van der Waals surface area contributed by atoms with Crippen molar-refractivity contribution >= 4 is 33.3 Å². The molecule has 0 saturated heterocycles. The Hall–Kier alpha value is -1.93. The zero-order valence-corrected chi connectivity index (χ0v) is 18.0. The number of ketones is 1. The van der Waals surface area contributed by atoms with Crippen molar-refractivity contribution in [2.45, 2.75) is 32.2 Å². The molecule has 3 rings (SSSR count). The number of nitrogens with one attached hydrogen (secondary N) is 2. The van der Waals surface area contributed by atoms with E-state index in [4.69, 9.17) is 11.6 Å². The number of hydrogen-bond acceptors (Lipinski definition) is 4. The maximum Gasteiger partial charge on any atom is 0.299 e. The van der Waals surface area contributed by atoms with E-state index in [1.807, 2.05) is 24.3 Å². The van der Waals surface area contributed by atoms with Gasteiger partial charge in [-0.05, 0) is 68.2 Å². The van der Waals surface area contributed by atoms with Gasteiger partial charge in [-0.2, -0.15) is 13.1 Å². The van der Waals surface area contributed by atoms with Gasteiger partial charge in [-0.3, -0.25) is 9.52 Å². The predicted molar refractivity (Wildman–Crippen MR) is 117 cm³/mol. The molecule has 1 aliphatic heterocycles. The molecule has 2 aromatic carbocycles. The smallest absolute Gasteiger partial charge is 0.299 e. The maximum atomic E-state index is 12.5.